The highest BCUT2D eigenvalue weighted by Crippen LogP contribution is 2.31. The Morgan fingerprint density at radius 3 is 2.57 bits per heavy atom. The Kier molecular flexibility index (Phi) is 5.79. The van der Waals surface area contributed by atoms with Gasteiger partial charge in [-0.15, -0.1) is 0 Å². The predicted octanol–water partition coefficient (Wildman–Crippen LogP) is 3.06. The topological polar surface area (TPSA) is 33.7 Å². The molecule has 2 aliphatic rings. The molecule has 0 amide bonds. The van der Waals surface area contributed by atoms with Gasteiger partial charge in [0.25, 0.3) is 0 Å². The molecule has 0 aromatic heterocycles. The van der Waals surface area contributed by atoms with Gasteiger partial charge < -0.3 is 19.7 Å². The summed E-state index contributed by atoms with van der Waals surface area (Å²) in [7, 11) is 4.43. The van der Waals surface area contributed by atoms with Gasteiger partial charge >= 0.3 is 0 Å². The number of hydrogen-bond acceptors (Lipinski definition) is 4. The van der Waals surface area contributed by atoms with Gasteiger partial charge in [-0.25, -0.2) is 0 Å². The molecule has 3 rings (SSSR count). The molecular weight excluding hydrogens is 288 g/mol. The lowest BCUT2D eigenvalue weighted by molar-refractivity contribution is 0.165. The Bertz CT molecular complexity index is 498. The summed E-state index contributed by atoms with van der Waals surface area (Å²) in [5.41, 5.74) is 1.26. The third kappa shape index (κ3) is 4.39. The van der Waals surface area contributed by atoms with E-state index in [9.17, 15) is 0 Å². The van der Waals surface area contributed by atoms with Crippen molar-refractivity contribution in [2.24, 2.45) is 5.92 Å². The Balaban J connectivity index is 1.52. The van der Waals surface area contributed by atoms with Crippen LogP contribution in [0.3, 0.4) is 0 Å². The van der Waals surface area contributed by atoms with Gasteiger partial charge in [0.05, 0.1) is 0 Å². The molecule has 1 atom stereocenters. The number of nitrogens with zero attached hydrogens (tertiary/aromatic N) is 1. The van der Waals surface area contributed by atoms with Crippen LogP contribution in [0.5, 0.6) is 11.5 Å². The van der Waals surface area contributed by atoms with Gasteiger partial charge in [-0.05, 0) is 50.6 Å². The Hall–Kier alpha value is -1.26. The standard InChI is InChI=1S/C19H30N2O2/c1-21(2)17(16-6-4-3-5-7-16)14-20-13-15-8-9-18-19(12-15)23-11-10-22-18/h8-9,12,16-17,20H,3-7,10-11,13-14H2,1-2H3. The van der Waals surface area contributed by atoms with Crippen molar-refractivity contribution in [1.82, 2.24) is 10.2 Å². The van der Waals surface area contributed by atoms with E-state index in [1.165, 1.54) is 37.7 Å². The number of benzene rings is 1. The number of nitrogens with one attached hydrogen (secondary N) is 1. The van der Waals surface area contributed by atoms with Crippen molar-refractivity contribution in [3.63, 3.8) is 0 Å². The highest BCUT2D eigenvalue weighted by atomic mass is 16.6. The third-order valence-corrected chi connectivity index (χ3v) is 5.15. The Labute approximate surface area is 140 Å². The molecule has 0 saturated heterocycles. The first-order valence-corrected chi connectivity index (χ1v) is 8.99. The van der Waals surface area contributed by atoms with E-state index >= 15 is 0 Å². The molecule has 1 aliphatic heterocycles. The van der Waals surface area contributed by atoms with Gasteiger partial charge in [-0.3, -0.25) is 0 Å². The molecule has 1 aromatic carbocycles. The molecule has 23 heavy (non-hydrogen) atoms. The average molecular weight is 318 g/mol. The third-order valence-electron chi connectivity index (χ3n) is 5.15. The van der Waals surface area contributed by atoms with Crippen molar-refractivity contribution in [3.05, 3.63) is 23.8 Å². The van der Waals surface area contributed by atoms with Gasteiger partial charge in [-0.2, -0.15) is 0 Å². The van der Waals surface area contributed by atoms with Crippen molar-refractivity contribution in [2.45, 2.75) is 44.7 Å². The van der Waals surface area contributed by atoms with Crippen molar-refractivity contribution in [1.29, 1.82) is 0 Å². The molecule has 1 aliphatic carbocycles. The zero-order chi connectivity index (χ0) is 16.1. The van der Waals surface area contributed by atoms with Crippen LogP contribution in [0.1, 0.15) is 37.7 Å². The summed E-state index contributed by atoms with van der Waals surface area (Å²) in [6, 6.07) is 6.89. The highest BCUT2D eigenvalue weighted by Gasteiger charge is 2.24. The molecule has 1 aromatic rings. The molecule has 1 heterocycles. The smallest absolute Gasteiger partial charge is 0.161 e. The Morgan fingerprint density at radius 1 is 1.09 bits per heavy atom. The van der Waals surface area contributed by atoms with E-state index in [-0.39, 0.29) is 0 Å². The molecule has 1 saturated carbocycles. The number of likely N-dealkylation sites (N-methyl/N-ethyl adjacent to an activating group) is 1. The summed E-state index contributed by atoms with van der Waals surface area (Å²) >= 11 is 0. The van der Waals surface area contributed by atoms with E-state index in [2.05, 4.69) is 36.4 Å². The van der Waals surface area contributed by atoms with E-state index in [0.717, 1.165) is 30.5 Å². The summed E-state index contributed by atoms with van der Waals surface area (Å²) < 4.78 is 11.2. The van der Waals surface area contributed by atoms with Crippen LogP contribution in [0.2, 0.25) is 0 Å². The van der Waals surface area contributed by atoms with Gasteiger partial charge in [0.2, 0.25) is 0 Å². The maximum atomic E-state index is 5.66. The number of rotatable bonds is 6. The summed E-state index contributed by atoms with van der Waals surface area (Å²) in [6.45, 7) is 3.23. The van der Waals surface area contributed by atoms with Crippen LogP contribution in [-0.2, 0) is 6.54 Å². The van der Waals surface area contributed by atoms with Gasteiger partial charge in [-0.1, -0.05) is 25.3 Å². The van der Waals surface area contributed by atoms with Gasteiger partial charge in [0.15, 0.2) is 11.5 Å². The first kappa shape index (κ1) is 16.6. The van der Waals surface area contributed by atoms with Crippen molar-refractivity contribution < 1.29 is 9.47 Å². The van der Waals surface area contributed by atoms with Crippen LogP contribution < -0.4 is 14.8 Å². The molecule has 4 nitrogen and oxygen atoms in total. The largest absolute Gasteiger partial charge is 0.486 e. The maximum Gasteiger partial charge on any atom is 0.161 e. The second kappa shape index (κ2) is 8.02. The summed E-state index contributed by atoms with van der Waals surface area (Å²) in [5, 5.41) is 3.65. The quantitative estimate of drug-likeness (QED) is 0.874. The van der Waals surface area contributed by atoms with Crippen molar-refractivity contribution in [3.8, 4) is 11.5 Å². The monoisotopic (exact) mass is 318 g/mol. The fourth-order valence-electron chi connectivity index (χ4n) is 3.85. The van der Waals surface area contributed by atoms with Gasteiger partial charge in [0, 0.05) is 19.1 Å². The molecule has 0 spiro atoms. The minimum absolute atomic E-state index is 0.632. The lowest BCUT2D eigenvalue weighted by Gasteiger charge is -2.35. The van der Waals surface area contributed by atoms with E-state index in [1.54, 1.807) is 0 Å². The number of hydrogen-bond donors (Lipinski definition) is 1. The van der Waals surface area contributed by atoms with Gasteiger partial charge in [0.1, 0.15) is 13.2 Å². The molecule has 0 radical (unpaired) electrons. The highest BCUT2D eigenvalue weighted by molar-refractivity contribution is 5.43. The molecule has 0 bridgehead atoms. The number of ether oxygens (including phenoxy) is 2. The van der Waals surface area contributed by atoms with Crippen LogP contribution in [0.4, 0.5) is 0 Å². The van der Waals surface area contributed by atoms with Crippen molar-refractivity contribution >= 4 is 0 Å². The summed E-state index contributed by atoms with van der Waals surface area (Å²) in [4.78, 5) is 2.40. The molecule has 128 valence electrons. The molecule has 1 N–H and O–H groups in total. The normalized spacial score (nSPS) is 19.8. The second-order valence-electron chi connectivity index (χ2n) is 7.04. The first-order valence-electron chi connectivity index (χ1n) is 8.99. The Morgan fingerprint density at radius 2 is 1.83 bits per heavy atom. The SMILES string of the molecule is CN(C)C(CNCc1ccc2c(c1)OCCO2)C1CCCCC1. The van der Waals surface area contributed by atoms with Crippen LogP contribution >= 0.6 is 0 Å². The first-order chi connectivity index (χ1) is 11.2. The fraction of sp³-hybridized carbons (Fsp3) is 0.684. The summed E-state index contributed by atoms with van der Waals surface area (Å²) in [5.74, 6) is 2.59. The predicted molar refractivity (Wildman–Crippen MR) is 93.2 cm³/mol. The minimum Gasteiger partial charge on any atom is -0.486 e. The van der Waals surface area contributed by atoms with Crippen LogP contribution in [0, 0.1) is 5.92 Å². The van der Waals surface area contributed by atoms with Crippen molar-refractivity contribution in [2.75, 3.05) is 33.9 Å². The zero-order valence-electron chi connectivity index (χ0n) is 14.5. The zero-order valence-corrected chi connectivity index (χ0v) is 14.5. The van der Waals surface area contributed by atoms with Crippen LogP contribution in [0.25, 0.3) is 0 Å². The lowest BCUT2D eigenvalue weighted by Crippen LogP contribution is -2.43. The second-order valence-corrected chi connectivity index (χ2v) is 7.04. The molecule has 1 unspecified atom stereocenters. The average Bonchev–Trinajstić information content (AvgIpc) is 2.59. The maximum absolute atomic E-state index is 5.66. The molecule has 4 heteroatoms. The lowest BCUT2D eigenvalue weighted by atomic mass is 9.83. The van der Waals surface area contributed by atoms with Crippen LogP contribution in [0.15, 0.2) is 18.2 Å². The minimum atomic E-state index is 0.632. The van der Waals surface area contributed by atoms with E-state index in [4.69, 9.17) is 9.47 Å². The fourth-order valence-corrected chi connectivity index (χ4v) is 3.85. The van der Waals surface area contributed by atoms with E-state index < -0.39 is 0 Å². The molecular formula is C19H30N2O2. The molecule has 1 fully saturated rings. The van der Waals surface area contributed by atoms with E-state index in [0.29, 0.717) is 19.3 Å². The number of fused-ring (bicyclic) bond motifs is 1. The van der Waals surface area contributed by atoms with Crippen LogP contribution in [-0.4, -0.2) is 44.8 Å². The van der Waals surface area contributed by atoms with E-state index in [1.807, 2.05) is 6.07 Å². The summed E-state index contributed by atoms with van der Waals surface area (Å²) in [6.07, 6.45) is 6.98.